The first kappa shape index (κ1) is 14.8. The average molecular weight is 295 g/mol. The standard InChI is InChI=1S/C14H18FN3OS/c1-3-7-20-8-5-16-14(19)12-13(15)18-6-4-10(2)9-11(18)17-12/h4,6,9H,3,5,7-8H2,1-2H3,(H,16,19). The summed E-state index contributed by atoms with van der Waals surface area (Å²) in [7, 11) is 0. The van der Waals surface area contributed by atoms with E-state index < -0.39 is 11.9 Å². The third-order valence-corrected chi connectivity index (χ3v) is 4.01. The molecule has 0 radical (unpaired) electrons. The van der Waals surface area contributed by atoms with Crippen molar-refractivity contribution in [3.05, 3.63) is 35.5 Å². The van der Waals surface area contributed by atoms with Crippen LogP contribution in [-0.2, 0) is 0 Å². The molecule has 2 aromatic heterocycles. The second kappa shape index (κ2) is 6.74. The lowest BCUT2D eigenvalue weighted by Crippen LogP contribution is -2.27. The Hall–Kier alpha value is -1.56. The monoisotopic (exact) mass is 295 g/mol. The molecule has 0 saturated carbocycles. The first-order valence-corrected chi connectivity index (χ1v) is 7.79. The van der Waals surface area contributed by atoms with Gasteiger partial charge in [0.2, 0.25) is 5.95 Å². The first-order valence-electron chi connectivity index (χ1n) is 6.63. The van der Waals surface area contributed by atoms with E-state index in [4.69, 9.17) is 0 Å². The van der Waals surface area contributed by atoms with Gasteiger partial charge in [-0.2, -0.15) is 16.2 Å². The lowest BCUT2D eigenvalue weighted by molar-refractivity contribution is 0.0947. The molecule has 0 aliphatic rings. The summed E-state index contributed by atoms with van der Waals surface area (Å²) in [6.07, 6.45) is 2.69. The smallest absolute Gasteiger partial charge is 0.274 e. The molecule has 6 heteroatoms. The van der Waals surface area contributed by atoms with Crippen LogP contribution in [0.25, 0.3) is 5.65 Å². The molecule has 2 aromatic rings. The van der Waals surface area contributed by atoms with Crippen molar-refractivity contribution in [1.82, 2.24) is 14.7 Å². The van der Waals surface area contributed by atoms with Gasteiger partial charge < -0.3 is 5.32 Å². The number of hydrogen-bond acceptors (Lipinski definition) is 3. The van der Waals surface area contributed by atoms with Gasteiger partial charge in [0.15, 0.2) is 5.69 Å². The van der Waals surface area contributed by atoms with Gasteiger partial charge in [-0.1, -0.05) is 6.92 Å². The summed E-state index contributed by atoms with van der Waals surface area (Å²) in [4.78, 5) is 16.0. The molecule has 1 amide bonds. The van der Waals surface area contributed by atoms with Crippen LogP contribution < -0.4 is 5.32 Å². The maximum absolute atomic E-state index is 14.1. The number of carbonyl (C=O) groups excluding carboxylic acids is 1. The van der Waals surface area contributed by atoms with E-state index in [1.165, 1.54) is 4.40 Å². The van der Waals surface area contributed by atoms with Gasteiger partial charge in [-0.15, -0.1) is 0 Å². The number of nitrogens with zero attached hydrogens (tertiary/aromatic N) is 2. The summed E-state index contributed by atoms with van der Waals surface area (Å²) in [5.74, 6) is 0.825. The van der Waals surface area contributed by atoms with Crippen LogP contribution >= 0.6 is 11.8 Å². The average Bonchev–Trinajstić information content (AvgIpc) is 2.75. The molecule has 0 bridgehead atoms. The van der Waals surface area contributed by atoms with E-state index in [0.29, 0.717) is 12.2 Å². The molecule has 20 heavy (non-hydrogen) atoms. The molecular weight excluding hydrogens is 277 g/mol. The van der Waals surface area contributed by atoms with Crippen LogP contribution in [0.2, 0.25) is 0 Å². The summed E-state index contributed by atoms with van der Waals surface area (Å²) in [6, 6.07) is 3.53. The van der Waals surface area contributed by atoms with E-state index in [9.17, 15) is 9.18 Å². The maximum Gasteiger partial charge on any atom is 0.274 e. The van der Waals surface area contributed by atoms with Gasteiger partial charge in [-0.25, -0.2) is 4.98 Å². The van der Waals surface area contributed by atoms with Crippen LogP contribution in [-0.4, -0.2) is 33.3 Å². The predicted molar refractivity (Wildman–Crippen MR) is 79.8 cm³/mol. The third-order valence-electron chi connectivity index (χ3n) is 2.82. The summed E-state index contributed by atoms with van der Waals surface area (Å²) in [6.45, 7) is 4.53. The minimum atomic E-state index is -0.612. The Labute approximate surface area is 121 Å². The number of nitrogens with one attached hydrogen (secondary N) is 1. The largest absolute Gasteiger partial charge is 0.350 e. The van der Waals surface area contributed by atoms with Crippen LogP contribution in [0.5, 0.6) is 0 Å². The van der Waals surface area contributed by atoms with Crippen molar-refractivity contribution in [2.24, 2.45) is 0 Å². The lowest BCUT2D eigenvalue weighted by atomic mass is 10.3. The molecule has 108 valence electrons. The molecule has 4 nitrogen and oxygen atoms in total. The number of aryl methyl sites for hydroxylation is 1. The number of imidazole rings is 1. The fourth-order valence-corrected chi connectivity index (χ4v) is 2.57. The number of fused-ring (bicyclic) bond motifs is 1. The fraction of sp³-hybridized carbons (Fsp3) is 0.429. The zero-order valence-corrected chi connectivity index (χ0v) is 12.5. The zero-order valence-electron chi connectivity index (χ0n) is 11.6. The third kappa shape index (κ3) is 3.30. The molecule has 0 aromatic carbocycles. The number of carbonyl (C=O) groups is 1. The maximum atomic E-state index is 14.1. The molecule has 0 spiro atoms. The summed E-state index contributed by atoms with van der Waals surface area (Å²) in [5.41, 5.74) is 1.29. The number of pyridine rings is 1. The van der Waals surface area contributed by atoms with Gasteiger partial charge in [-0.05, 0) is 36.8 Å². The van der Waals surface area contributed by atoms with Crippen molar-refractivity contribution in [2.45, 2.75) is 20.3 Å². The highest BCUT2D eigenvalue weighted by molar-refractivity contribution is 7.99. The van der Waals surface area contributed by atoms with Gasteiger partial charge in [0, 0.05) is 18.5 Å². The molecular formula is C14H18FN3OS. The van der Waals surface area contributed by atoms with E-state index in [0.717, 1.165) is 23.5 Å². The summed E-state index contributed by atoms with van der Waals surface area (Å²) < 4.78 is 15.4. The quantitative estimate of drug-likeness (QED) is 0.833. The molecule has 0 unspecified atom stereocenters. The predicted octanol–water partition coefficient (Wildman–Crippen LogP) is 2.65. The molecule has 0 fully saturated rings. The normalized spacial score (nSPS) is 10.9. The van der Waals surface area contributed by atoms with Crippen molar-refractivity contribution in [3.63, 3.8) is 0 Å². The molecule has 1 N–H and O–H groups in total. The van der Waals surface area contributed by atoms with Crippen LogP contribution in [0.15, 0.2) is 18.3 Å². The van der Waals surface area contributed by atoms with Crippen molar-refractivity contribution in [3.8, 4) is 0 Å². The van der Waals surface area contributed by atoms with Crippen molar-refractivity contribution in [1.29, 1.82) is 0 Å². The summed E-state index contributed by atoms with van der Waals surface area (Å²) in [5, 5.41) is 2.70. The molecule has 0 aliphatic heterocycles. The Bertz CT molecular complexity index is 612. The van der Waals surface area contributed by atoms with E-state index in [-0.39, 0.29) is 5.69 Å². The number of thioether (sulfide) groups is 1. The number of hydrogen-bond donors (Lipinski definition) is 1. The molecule has 0 atom stereocenters. The Morgan fingerprint density at radius 2 is 2.30 bits per heavy atom. The van der Waals surface area contributed by atoms with Gasteiger partial charge in [0.25, 0.3) is 5.91 Å². The van der Waals surface area contributed by atoms with Crippen molar-refractivity contribution < 1.29 is 9.18 Å². The minimum absolute atomic E-state index is 0.143. The van der Waals surface area contributed by atoms with Gasteiger partial charge >= 0.3 is 0 Å². The van der Waals surface area contributed by atoms with E-state index >= 15 is 0 Å². The van der Waals surface area contributed by atoms with Crippen molar-refractivity contribution >= 4 is 23.3 Å². The highest BCUT2D eigenvalue weighted by Gasteiger charge is 2.18. The Morgan fingerprint density at radius 3 is 3.05 bits per heavy atom. The molecule has 0 aliphatic carbocycles. The second-order valence-electron chi connectivity index (χ2n) is 4.55. The zero-order chi connectivity index (χ0) is 14.5. The fourth-order valence-electron chi connectivity index (χ4n) is 1.83. The Kier molecular flexibility index (Phi) is 5.00. The highest BCUT2D eigenvalue weighted by atomic mass is 32.2. The van der Waals surface area contributed by atoms with E-state index in [1.54, 1.807) is 30.1 Å². The minimum Gasteiger partial charge on any atom is -0.350 e. The first-order chi connectivity index (χ1) is 9.63. The van der Waals surface area contributed by atoms with Crippen molar-refractivity contribution in [2.75, 3.05) is 18.1 Å². The molecule has 2 heterocycles. The number of aromatic nitrogens is 2. The number of amides is 1. The second-order valence-corrected chi connectivity index (χ2v) is 5.78. The van der Waals surface area contributed by atoms with Crippen LogP contribution in [0.3, 0.4) is 0 Å². The van der Waals surface area contributed by atoms with E-state index in [1.807, 2.05) is 6.92 Å². The Balaban J connectivity index is 2.04. The van der Waals surface area contributed by atoms with E-state index in [2.05, 4.69) is 17.2 Å². The van der Waals surface area contributed by atoms with Gasteiger partial charge in [0.05, 0.1) is 0 Å². The lowest BCUT2D eigenvalue weighted by Gasteiger charge is -2.02. The molecule has 0 saturated heterocycles. The number of halogens is 1. The SMILES string of the molecule is CCCSCCNC(=O)c1nc2cc(C)ccn2c1F. The van der Waals surface area contributed by atoms with Gasteiger partial charge in [-0.3, -0.25) is 9.20 Å². The van der Waals surface area contributed by atoms with Gasteiger partial charge in [0.1, 0.15) is 5.65 Å². The summed E-state index contributed by atoms with van der Waals surface area (Å²) >= 11 is 1.77. The number of rotatable bonds is 6. The topological polar surface area (TPSA) is 46.4 Å². The van der Waals surface area contributed by atoms with Crippen LogP contribution in [0.1, 0.15) is 29.4 Å². The highest BCUT2D eigenvalue weighted by Crippen LogP contribution is 2.12. The van der Waals surface area contributed by atoms with Crippen LogP contribution in [0.4, 0.5) is 4.39 Å². The molecule has 2 rings (SSSR count). The Morgan fingerprint density at radius 1 is 1.50 bits per heavy atom. The van der Waals surface area contributed by atoms with Crippen LogP contribution in [0, 0.1) is 12.9 Å².